The van der Waals surface area contributed by atoms with Gasteiger partial charge in [-0.25, -0.2) is 0 Å². The van der Waals surface area contributed by atoms with Gasteiger partial charge in [-0.15, -0.1) is 0 Å². The molecular weight excluding hydrogens is 454 g/mol. The van der Waals surface area contributed by atoms with Gasteiger partial charge in [-0.05, 0) is 67.3 Å². The second-order valence-corrected chi connectivity index (χ2v) is 9.09. The molecule has 36 heavy (non-hydrogen) atoms. The highest BCUT2D eigenvalue weighted by Crippen LogP contribution is 2.45. The summed E-state index contributed by atoms with van der Waals surface area (Å²) in [7, 11) is 1.54. The average molecular weight is 486 g/mol. The third-order valence-electron chi connectivity index (χ3n) is 6.36. The Morgan fingerprint density at radius 1 is 1.00 bits per heavy atom. The Morgan fingerprint density at radius 3 is 2.42 bits per heavy atom. The highest BCUT2D eigenvalue weighted by atomic mass is 16.5. The normalized spacial score (nSPS) is 17.1. The first-order valence-corrected chi connectivity index (χ1v) is 12.1. The van der Waals surface area contributed by atoms with E-state index in [1.807, 2.05) is 70.2 Å². The maximum absolute atomic E-state index is 13.5. The lowest BCUT2D eigenvalue weighted by molar-refractivity contribution is -0.132. The van der Waals surface area contributed by atoms with Gasteiger partial charge in [-0.2, -0.15) is 0 Å². The van der Waals surface area contributed by atoms with Gasteiger partial charge in [0.15, 0.2) is 0 Å². The van der Waals surface area contributed by atoms with E-state index in [2.05, 4.69) is 0 Å². The number of para-hydroxylation sites is 1. The summed E-state index contributed by atoms with van der Waals surface area (Å²) in [4.78, 5) is 28.4. The fourth-order valence-corrected chi connectivity index (χ4v) is 4.65. The summed E-state index contributed by atoms with van der Waals surface area (Å²) in [6, 6.07) is 19.1. The summed E-state index contributed by atoms with van der Waals surface area (Å²) in [6.45, 7) is 8.42. The number of hydrogen-bond acceptors (Lipinski definition) is 5. The quantitative estimate of drug-likeness (QED) is 0.247. The molecule has 6 nitrogen and oxygen atoms in total. The third-order valence-corrected chi connectivity index (χ3v) is 6.36. The molecular formula is C30H31NO5. The number of anilines is 1. The molecule has 0 aliphatic carbocycles. The van der Waals surface area contributed by atoms with Gasteiger partial charge < -0.3 is 14.6 Å². The Bertz CT molecular complexity index is 1340. The monoisotopic (exact) mass is 485 g/mol. The molecule has 1 N–H and O–H groups in total. The van der Waals surface area contributed by atoms with E-state index >= 15 is 0 Å². The number of rotatable bonds is 7. The van der Waals surface area contributed by atoms with Crippen LogP contribution in [0.1, 0.15) is 55.0 Å². The van der Waals surface area contributed by atoms with Crippen LogP contribution in [0.25, 0.3) is 5.76 Å². The molecule has 3 aromatic carbocycles. The van der Waals surface area contributed by atoms with Gasteiger partial charge in [-0.1, -0.05) is 44.2 Å². The van der Waals surface area contributed by atoms with E-state index in [0.29, 0.717) is 29.2 Å². The van der Waals surface area contributed by atoms with Crippen LogP contribution < -0.4 is 14.4 Å². The number of ketones is 1. The highest BCUT2D eigenvalue weighted by molar-refractivity contribution is 6.51. The minimum Gasteiger partial charge on any atom is -0.507 e. The zero-order chi connectivity index (χ0) is 26.0. The van der Waals surface area contributed by atoms with Gasteiger partial charge in [0.25, 0.3) is 11.7 Å². The van der Waals surface area contributed by atoms with Crippen LogP contribution in [0.3, 0.4) is 0 Å². The number of aryl methyl sites for hydroxylation is 1. The second kappa shape index (κ2) is 10.3. The molecule has 186 valence electrons. The van der Waals surface area contributed by atoms with Crippen molar-refractivity contribution in [3.8, 4) is 11.5 Å². The average Bonchev–Trinajstić information content (AvgIpc) is 3.14. The van der Waals surface area contributed by atoms with Gasteiger partial charge in [0.05, 0.1) is 25.3 Å². The first-order valence-electron chi connectivity index (χ1n) is 12.1. The Labute approximate surface area is 211 Å². The van der Waals surface area contributed by atoms with E-state index in [-0.39, 0.29) is 17.3 Å². The van der Waals surface area contributed by atoms with Crippen LogP contribution in [0.4, 0.5) is 5.69 Å². The first kappa shape index (κ1) is 25.0. The van der Waals surface area contributed by atoms with Crippen molar-refractivity contribution >= 4 is 23.1 Å². The van der Waals surface area contributed by atoms with E-state index in [4.69, 9.17) is 9.47 Å². The van der Waals surface area contributed by atoms with Crippen molar-refractivity contribution in [2.24, 2.45) is 0 Å². The summed E-state index contributed by atoms with van der Waals surface area (Å²) >= 11 is 0. The number of carbonyl (C=O) groups excluding carboxylic acids is 2. The number of carbonyl (C=O) groups is 2. The Kier molecular flexibility index (Phi) is 7.15. The van der Waals surface area contributed by atoms with Crippen LogP contribution >= 0.6 is 0 Å². The maximum atomic E-state index is 13.5. The molecule has 1 aliphatic rings. The number of aliphatic hydroxyl groups is 1. The summed E-state index contributed by atoms with van der Waals surface area (Å²) in [5.41, 5.74) is 3.50. The van der Waals surface area contributed by atoms with Crippen LogP contribution in [-0.2, 0) is 9.59 Å². The van der Waals surface area contributed by atoms with Gasteiger partial charge in [0.2, 0.25) is 0 Å². The fraction of sp³-hybridized carbons (Fsp3) is 0.267. The number of Topliss-reactive ketones (excluding diaryl/α,β-unsaturated/α-hetero) is 1. The van der Waals surface area contributed by atoms with Crippen molar-refractivity contribution in [3.05, 3.63) is 94.6 Å². The molecule has 1 heterocycles. The lowest BCUT2D eigenvalue weighted by atomic mass is 9.92. The number of aliphatic hydroxyl groups excluding tert-OH is 1. The van der Waals surface area contributed by atoms with E-state index < -0.39 is 17.7 Å². The van der Waals surface area contributed by atoms with Crippen molar-refractivity contribution in [3.63, 3.8) is 0 Å². The van der Waals surface area contributed by atoms with Crippen LogP contribution in [0.15, 0.2) is 72.3 Å². The smallest absolute Gasteiger partial charge is 0.300 e. The predicted octanol–water partition coefficient (Wildman–Crippen LogP) is 6.15. The number of nitrogens with zero attached hydrogens (tertiary/aromatic N) is 1. The topological polar surface area (TPSA) is 76.1 Å². The molecule has 0 aromatic heterocycles. The van der Waals surface area contributed by atoms with Crippen molar-refractivity contribution in [2.45, 2.75) is 39.7 Å². The van der Waals surface area contributed by atoms with E-state index in [9.17, 15) is 14.7 Å². The van der Waals surface area contributed by atoms with Gasteiger partial charge in [0, 0.05) is 16.8 Å². The Hall–Kier alpha value is -4.06. The van der Waals surface area contributed by atoms with Gasteiger partial charge >= 0.3 is 0 Å². The first-order chi connectivity index (χ1) is 17.3. The largest absolute Gasteiger partial charge is 0.507 e. The highest BCUT2D eigenvalue weighted by Gasteiger charge is 2.48. The standard InChI is InChI=1S/C30H31NO5/c1-6-36-25-15-14-20(17-23(25)18(2)3)28(32)26-27(22-12-7-8-13-24(22)35-5)31(30(34)29(26)33)21-11-9-10-19(4)16-21/h7-18,27,32H,6H2,1-5H3/b28-26+. The Balaban J connectivity index is 1.97. The molecule has 1 saturated heterocycles. The molecule has 6 heteroatoms. The summed E-state index contributed by atoms with van der Waals surface area (Å²) in [5.74, 6) is -0.311. The molecule has 1 amide bonds. The number of ether oxygens (including phenoxy) is 2. The number of benzene rings is 3. The minimum absolute atomic E-state index is 0.0184. The van der Waals surface area contributed by atoms with Crippen LogP contribution in [0, 0.1) is 6.92 Å². The zero-order valence-corrected chi connectivity index (χ0v) is 21.2. The minimum atomic E-state index is -0.864. The van der Waals surface area contributed by atoms with Crippen LogP contribution in [0.5, 0.6) is 11.5 Å². The van der Waals surface area contributed by atoms with E-state index in [1.165, 1.54) is 4.90 Å². The lowest BCUT2D eigenvalue weighted by Crippen LogP contribution is -2.29. The summed E-state index contributed by atoms with van der Waals surface area (Å²) in [5, 5.41) is 11.5. The molecule has 0 saturated carbocycles. The third kappa shape index (κ3) is 4.47. The van der Waals surface area contributed by atoms with Crippen molar-refractivity contribution in [1.82, 2.24) is 0 Å². The molecule has 1 atom stereocenters. The fourth-order valence-electron chi connectivity index (χ4n) is 4.65. The maximum Gasteiger partial charge on any atom is 0.300 e. The molecule has 3 aromatic rings. The van der Waals surface area contributed by atoms with Gasteiger partial charge in [-0.3, -0.25) is 14.5 Å². The molecule has 0 radical (unpaired) electrons. The molecule has 1 fully saturated rings. The van der Waals surface area contributed by atoms with Crippen LogP contribution in [-0.4, -0.2) is 30.5 Å². The Morgan fingerprint density at radius 2 is 1.75 bits per heavy atom. The van der Waals surface area contributed by atoms with Crippen molar-refractivity contribution in [2.75, 3.05) is 18.6 Å². The molecule has 1 unspecified atom stereocenters. The summed E-state index contributed by atoms with van der Waals surface area (Å²) < 4.78 is 11.4. The zero-order valence-electron chi connectivity index (χ0n) is 21.2. The number of methoxy groups -OCH3 is 1. The molecule has 4 rings (SSSR count). The number of amides is 1. The second-order valence-electron chi connectivity index (χ2n) is 9.09. The lowest BCUT2D eigenvalue weighted by Gasteiger charge is -2.27. The van der Waals surface area contributed by atoms with Crippen molar-refractivity contribution < 1.29 is 24.2 Å². The molecule has 1 aliphatic heterocycles. The van der Waals surface area contributed by atoms with E-state index in [0.717, 1.165) is 16.9 Å². The molecule has 0 bridgehead atoms. The number of hydrogen-bond donors (Lipinski definition) is 1. The van der Waals surface area contributed by atoms with Gasteiger partial charge in [0.1, 0.15) is 17.3 Å². The predicted molar refractivity (Wildman–Crippen MR) is 141 cm³/mol. The summed E-state index contributed by atoms with van der Waals surface area (Å²) in [6.07, 6.45) is 0. The van der Waals surface area contributed by atoms with Crippen LogP contribution in [0.2, 0.25) is 0 Å². The van der Waals surface area contributed by atoms with E-state index in [1.54, 1.807) is 31.4 Å². The van der Waals surface area contributed by atoms with Crippen molar-refractivity contribution in [1.29, 1.82) is 0 Å². The molecule has 0 spiro atoms. The SMILES string of the molecule is CCOc1ccc(/C(O)=C2\C(=O)C(=O)N(c3cccc(C)c3)C2c2ccccc2OC)cc1C(C)C.